The third-order valence-corrected chi connectivity index (χ3v) is 5.46. The predicted octanol–water partition coefficient (Wildman–Crippen LogP) is 4.99. The van der Waals surface area contributed by atoms with Gasteiger partial charge in [0.1, 0.15) is 11.4 Å². The van der Waals surface area contributed by atoms with Gasteiger partial charge in [-0.1, -0.05) is 43.4 Å². The second-order valence-corrected chi connectivity index (χ2v) is 10.9. The van der Waals surface area contributed by atoms with E-state index in [4.69, 9.17) is 21.1 Å². The van der Waals surface area contributed by atoms with Crippen LogP contribution in [0.5, 0.6) is 5.75 Å². The number of sulfone groups is 1. The lowest BCUT2D eigenvalue weighted by Gasteiger charge is -2.19. The zero-order valence-electron chi connectivity index (χ0n) is 18.6. The number of esters is 1. The van der Waals surface area contributed by atoms with Gasteiger partial charge in [-0.15, -0.1) is 0 Å². The maximum Gasteiger partial charge on any atom is 0.344 e. The van der Waals surface area contributed by atoms with E-state index in [-0.39, 0.29) is 17.4 Å². The third kappa shape index (κ3) is 7.61. The highest BCUT2D eigenvalue weighted by Gasteiger charge is 2.17. The molecule has 0 atom stereocenters. The predicted molar refractivity (Wildman–Crippen MR) is 122 cm³/mol. The van der Waals surface area contributed by atoms with E-state index in [0.717, 1.165) is 11.8 Å². The summed E-state index contributed by atoms with van der Waals surface area (Å²) >= 11 is 6.12. The summed E-state index contributed by atoms with van der Waals surface area (Å²) in [6.45, 7) is 9.09. The Hall–Kier alpha value is -2.49. The van der Waals surface area contributed by atoms with Gasteiger partial charge < -0.3 is 9.47 Å². The van der Waals surface area contributed by atoms with Gasteiger partial charge in [-0.05, 0) is 62.6 Å². The maximum atomic E-state index is 12.0. The lowest BCUT2D eigenvalue weighted by atomic mass is 9.97. The first-order valence-corrected chi connectivity index (χ1v) is 12.0. The van der Waals surface area contributed by atoms with E-state index < -0.39 is 21.4 Å². The minimum Gasteiger partial charge on any atom is -0.481 e. The van der Waals surface area contributed by atoms with E-state index in [1.165, 1.54) is 0 Å². The minimum atomic E-state index is -3.36. The van der Waals surface area contributed by atoms with Gasteiger partial charge in [-0.3, -0.25) is 0 Å². The summed E-state index contributed by atoms with van der Waals surface area (Å²) in [5.74, 6) is 6.10. The second-order valence-electron chi connectivity index (χ2n) is 8.44. The molecule has 0 fully saturated rings. The molecule has 5 nitrogen and oxygen atoms in total. The van der Waals surface area contributed by atoms with Crippen molar-refractivity contribution in [1.29, 1.82) is 0 Å². The Kier molecular flexibility index (Phi) is 7.80. The van der Waals surface area contributed by atoms with Crippen LogP contribution in [-0.2, 0) is 19.4 Å². The molecule has 2 rings (SSSR count). The highest BCUT2D eigenvalue weighted by molar-refractivity contribution is 7.90. The molecule has 0 N–H and O–H groups in total. The van der Waals surface area contributed by atoms with Crippen molar-refractivity contribution < 1.29 is 22.7 Å². The summed E-state index contributed by atoms with van der Waals surface area (Å²) in [7, 11) is -3.36. The molecule has 0 unspecified atom stereocenters. The maximum absolute atomic E-state index is 12.0. The summed E-state index contributed by atoms with van der Waals surface area (Å²) in [5, 5.41) is 0.461. The number of rotatable bonds is 5. The van der Waals surface area contributed by atoms with E-state index in [9.17, 15) is 13.2 Å². The molecule has 0 bridgehead atoms. The lowest BCUT2D eigenvalue weighted by Crippen LogP contribution is -2.27. The van der Waals surface area contributed by atoms with E-state index in [1.54, 1.807) is 57.2 Å². The molecular formula is C24H27ClO5S. The first-order valence-electron chi connectivity index (χ1n) is 9.76. The number of hydrogen-bond acceptors (Lipinski definition) is 5. The van der Waals surface area contributed by atoms with Crippen molar-refractivity contribution in [3.63, 3.8) is 0 Å². The molecule has 0 aliphatic heterocycles. The van der Waals surface area contributed by atoms with Crippen molar-refractivity contribution in [2.75, 3.05) is 12.9 Å². The molecule has 0 aliphatic carbocycles. The molecular weight excluding hydrogens is 436 g/mol. The van der Waals surface area contributed by atoms with Crippen LogP contribution in [0.25, 0.3) is 0 Å². The highest BCUT2D eigenvalue weighted by Crippen LogP contribution is 2.25. The average Bonchev–Trinajstić information content (AvgIpc) is 2.63. The van der Waals surface area contributed by atoms with Gasteiger partial charge in [0.2, 0.25) is 0 Å². The fourth-order valence-electron chi connectivity index (χ4n) is 2.75. The first kappa shape index (κ1) is 24.8. The number of ether oxygens (including phenoxy) is 2. The average molecular weight is 463 g/mol. The molecule has 0 heterocycles. The molecule has 0 saturated carbocycles. The molecule has 0 radical (unpaired) electrons. The summed E-state index contributed by atoms with van der Waals surface area (Å²) in [6, 6.07) is 9.85. The fraction of sp³-hybridized carbons (Fsp3) is 0.375. The Morgan fingerprint density at radius 2 is 1.71 bits per heavy atom. The van der Waals surface area contributed by atoms with Crippen LogP contribution in [0.2, 0.25) is 5.02 Å². The van der Waals surface area contributed by atoms with Crippen molar-refractivity contribution in [2.45, 2.75) is 51.0 Å². The Morgan fingerprint density at radius 3 is 2.29 bits per heavy atom. The summed E-state index contributed by atoms with van der Waals surface area (Å²) in [6.07, 6.45) is 1.16. The van der Waals surface area contributed by atoms with Gasteiger partial charge in [-0.25, -0.2) is 13.2 Å². The number of carbonyl (C=O) groups excluding carboxylic acids is 1. The number of carbonyl (C=O) groups is 1. The van der Waals surface area contributed by atoms with Crippen molar-refractivity contribution in [1.82, 2.24) is 0 Å². The van der Waals surface area contributed by atoms with E-state index in [0.29, 0.717) is 21.9 Å². The smallest absolute Gasteiger partial charge is 0.344 e. The van der Waals surface area contributed by atoms with Crippen molar-refractivity contribution in [3.05, 3.63) is 58.1 Å². The Labute approximate surface area is 189 Å². The SMILES string of the molecule is CC(C)c1ccc(S(C)(=O)=O)cc1C#Cc1cc(Cl)ccc1OCC(=O)OC(C)(C)C. The highest BCUT2D eigenvalue weighted by atomic mass is 35.5. The van der Waals surface area contributed by atoms with Gasteiger partial charge in [0.05, 0.1) is 10.5 Å². The monoisotopic (exact) mass is 462 g/mol. The molecule has 0 saturated heterocycles. The Bertz CT molecular complexity index is 1130. The van der Waals surface area contributed by atoms with Crippen LogP contribution < -0.4 is 4.74 Å². The van der Waals surface area contributed by atoms with Crippen LogP contribution in [0, 0.1) is 11.8 Å². The molecule has 0 aliphatic rings. The number of halogens is 1. The molecule has 31 heavy (non-hydrogen) atoms. The quantitative estimate of drug-likeness (QED) is 0.462. The van der Waals surface area contributed by atoms with Crippen LogP contribution >= 0.6 is 11.6 Å². The first-order chi connectivity index (χ1) is 14.3. The van der Waals surface area contributed by atoms with Gasteiger partial charge in [-0.2, -0.15) is 0 Å². The van der Waals surface area contributed by atoms with Crippen LogP contribution in [0.3, 0.4) is 0 Å². The van der Waals surface area contributed by atoms with E-state index in [2.05, 4.69) is 11.8 Å². The topological polar surface area (TPSA) is 69.7 Å². The van der Waals surface area contributed by atoms with E-state index in [1.807, 2.05) is 13.8 Å². The van der Waals surface area contributed by atoms with E-state index >= 15 is 0 Å². The van der Waals surface area contributed by atoms with Gasteiger partial charge in [0.25, 0.3) is 0 Å². The molecule has 0 spiro atoms. The van der Waals surface area contributed by atoms with Crippen LogP contribution in [0.4, 0.5) is 0 Å². The van der Waals surface area contributed by atoms with Crippen molar-refractivity contribution >= 4 is 27.4 Å². The lowest BCUT2D eigenvalue weighted by molar-refractivity contribution is -0.157. The summed E-state index contributed by atoms with van der Waals surface area (Å²) in [5.41, 5.74) is 1.41. The molecule has 0 amide bonds. The standard InChI is InChI=1S/C24H27ClO5S/c1-16(2)21-11-10-20(31(6,27)28)14-17(21)7-8-18-13-19(25)9-12-22(18)29-15-23(26)30-24(3,4)5/h9-14,16H,15H2,1-6H3. The zero-order valence-corrected chi connectivity index (χ0v) is 20.1. The van der Waals surface area contributed by atoms with Crippen molar-refractivity contribution in [2.24, 2.45) is 0 Å². The molecule has 7 heteroatoms. The summed E-state index contributed by atoms with van der Waals surface area (Å²) < 4.78 is 34.8. The number of hydrogen-bond donors (Lipinski definition) is 0. The van der Waals surface area contributed by atoms with Crippen LogP contribution in [-0.4, -0.2) is 32.9 Å². The Balaban J connectivity index is 2.40. The largest absolute Gasteiger partial charge is 0.481 e. The minimum absolute atomic E-state index is 0.153. The Morgan fingerprint density at radius 1 is 1.06 bits per heavy atom. The van der Waals surface area contributed by atoms with Crippen LogP contribution in [0.15, 0.2) is 41.3 Å². The zero-order chi connectivity index (χ0) is 23.4. The van der Waals surface area contributed by atoms with Gasteiger partial charge in [0.15, 0.2) is 16.4 Å². The summed E-state index contributed by atoms with van der Waals surface area (Å²) in [4.78, 5) is 12.2. The molecule has 166 valence electrons. The number of benzene rings is 2. The third-order valence-electron chi connectivity index (χ3n) is 4.11. The molecule has 2 aromatic rings. The second kappa shape index (κ2) is 9.76. The normalized spacial score (nSPS) is 11.6. The van der Waals surface area contributed by atoms with Crippen molar-refractivity contribution in [3.8, 4) is 17.6 Å². The van der Waals surface area contributed by atoms with Gasteiger partial charge >= 0.3 is 5.97 Å². The fourth-order valence-corrected chi connectivity index (χ4v) is 3.57. The van der Waals surface area contributed by atoms with Crippen LogP contribution in [0.1, 0.15) is 57.2 Å². The molecule has 0 aromatic heterocycles. The molecule has 2 aromatic carbocycles. The van der Waals surface area contributed by atoms with Gasteiger partial charge in [0, 0.05) is 16.8 Å².